The average Bonchev–Trinajstić information content (AvgIpc) is 3.17. The van der Waals surface area contributed by atoms with E-state index in [4.69, 9.17) is 4.84 Å². The summed E-state index contributed by atoms with van der Waals surface area (Å²) in [6, 6.07) is 13.2. The Kier molecular flexibility index (Phi) is 5.39. The molecule has 8 heteroatoms. The highest BCUT2D eigenvalue weighted by Crippen LogP contribution is 2.27. The zero-order valence-electron chi connectivity index (χ0n) is 17.2. The number of amides is 4. The number of rotatable bonds is 7. The van der Waals surface area contributed by atoms with Crippen molar-refractivity contribution < 1.29 is 24.0 Å². The van der Waals surface area contributed by atoms with Crippen LogP contribution < -0.4 is 5.48 Å². The van der Waals surface area contributed by atoms with E-state index in [2.05, 4.69) is 5.48 Å². The number of carbonyl (C=O) groups is 4. The van der Waals surface area contributed by atoms with Crippen LogP contribution in [-0.2, 0) is 4.84 Å². The fourth-order valence-corrected chi connectivity index (χ4v) is 3.69. The van der Waals surface area contributed by atoms with E-state index in [1.807, 2.05) is 0 Å². The summed E-state index contributed by atoms with van der Waals surface area (Å²) in [6.07, 6.45) is 0. The van der Waals surface area contributed by atoms with Gasteiger partial charge in [-0.05, 0) is 43.7 Å². The van der Waals surface area contributed by atoms with Gasteiger partial charge in [0, 0.05) is 5.70 Å². The minimum atomic E-state index is -0.412. The van der Waals surface area contributed by atoms with Crippen LogP contribution in [0.4, 0.5) is 0 Å². The van der Waals surface area contributed by atoms with Crippen LogP contribution >= 0.6 is 0 Å². The summed E-state index contributed by atoms with van der Waals surface area (Å²) >= 11 is 0. The zero-order valence-corrected chi connectivity index (χ0v) is 17.2. The van der Waals surface area contributed by atoms with Gasteiger partial charge >= 0.3 is 0 Å². The van der Waals surface area contributed by atoms with Crippen LogP contribution in [0.15, 0.2) is 59.8 Å². The number of benzene rings is 2. The van der Waals surface area contributed by atoms with Gasteiger partial charge in [-0.2, -0.15) is 0 Å². The largest absolute Gasteiger partial charge is 0.277 e. The number of hydrogen-bond donors (Lipinski definition) is 1. The normalized spacial score (nSPS) is 14.8. The number of nitrogens with one attached hydrogen (secondary N) is 1. The molecule has 1 N–H and O–H groups in total. The molecule has 0 saturated carbocycles. The monoisotopic (exact) mass is 419 g/mol. The standard InChI is InChI=1S/C23H21N3O5/c1-3-31-24-14(2)15(12-25-20(27)16-8-4-5-9-17(16)21(25)28)13-26-22(29)18-10-6-7-11-19(18)23(26)30/h4-11,24H,3,12-13H2,1-2H3. The predicted molar refractivity (Wildman–Crippen MR) is 111 cm³/mol. The number of nitrogens with zero attached hydrogens (tertiary/aromatic N) is 2. The van der Waals surface area contributed by atoms with Gasteiger partial charge in [-0.25, -0.2) is 0 Å². The molecule has 4 amide bonds. The maximum atomic E-state index is 12.8. The van der Waals surface area contributed by atoms with Crippen molar-refractivity contribution in [2.45, 2.75) is 13.8 Å². The fraction of sp³-hybridized carbons (Fsp3) is 0.217. The number of hydroxylamine groups is 1. The third-order valence-electron chi connectivity index (χ3n) is 5.35. The van der Waals surface area contributed by atoms with Crippen LogP contribution in [0.2, 0.25) is 0 Å². The topological polar surface area (TPSA) is 96.0 Å². The molecule has 0 saturated heterocycles. The van der Waals surface area contributed by atoms with E-state index in [-0.39, 0.29) is 13.1 Å². The smallest absolute Gasteiger partial charge is 0.261 e. The number of allylic oxidation sites excluding steroid dienone is 1. The lowest BCUT2D eigenvalue weighted by Crippen LogP contribution is -2.38. The lowest BCUT2D eigenvalue weighted by Gasteiger charge is -2.23. The minimum Gasteiger partial charge on any atom is -0.277 e. The van der Waals surface area contributed by atoms with Crippen molar-refractivity contribution in [2.24, 2.45) is 0 Å². The summed E-state index contributed by atoms with van der Waals surface area (Å²) in [6.45, 7) is 3.73. The molecule has 4 rings (SSSR count). The summed E-state index contributed by atoms with van der Waals surface area (Å²) < 4.78 is 0. The van der Waals surface area contributed by atoms with Gasteiger partial charge in [0.2, 0.25) is 0 Å². The van der Waals surface area contributed by atoms with Crippen molar-refractivity contribution in [1.29, 1.82) is 0 Å². The highest BCUT2D eigenvalue weighted by Gasteiger charge is 2.39. The quantitative estimate of drug-likeness (QED) is 0.547. The second-order valence-corrected chi connectivity index (χ2v) is 7.25. The highest BCUT2D eigenvalue weighted by molar-refractivity contribution is 6.22. The average molecular weight is 419 g/mol. The number of hydrogen-bond acceptors (Lipinski definition) is 6. The molecule has 158 valence electrons. The molecule has 0 fully saturated rings. The molecule has 2 aromatic rings. The molecule has 0 spiro atoms. The van der Waals surface area contributed by atoms with E-state index in [0.717, 1.165) is 9.80 Å². The predicted octanol–water partition coefficient (Wildman–Crippen LogP) is 2.39. The number of fused-ring (bicyclic) bond motifs is 2. The van der Waals surface area contributed by atoms with Crippen LogP contribution in [0.25, 0.3) is 0 Å². The van der Waals surface area contributed by atoms with Crippen molar-refractivity contribution >= 4 is 23.6 Å². The Balaban J connectivity index is 1.63. The van der Waals surface area contributed by atoms with Gasteiger partial charge in [0.25, 0.3) is 23.6 Å². The Bertz CT molecular complexity index is 988. The maximum Gasteiger partial charge on any atom is 0.261 e. The molecular formula is C23H21N3O5. The van der Waals surface area contributed by atoms with Gasteiger partial charge in [-0.1, -0.05) is 24.3 Å². The molecule has 0 bridgehead atoms. The second-order valence-electron chi connectivity index (χ2n) is 7.25. The molecule has 0 atom stereocenters. The van der Waals surface area contributed by atoms with E-state index in [0.29, 0.717) is 40.1 Å². The molecule has 2 aliphatic heterocycles. The first-order valence-electron chi connectivity index (χ1n) is 9.91. The summed E-state index contributed by atoms with van der Waals surface area (Å²) in [5, 5.41) is 0. The van der Waals surface area contributed by atoms with Crippen LogP contribution in [0.3, 0.4) is 0 Å². The van der Waals surface area contributed by atoms with Gasteiger partial charge in [-0.3, -0.25) is 39.3 Å². The maximum absolute atomic E-state index is 12.8. The van der Waals surface area contributed by atoms with E-state index < -0.39 is 23.6 Å². The molecule has 0 radical (unpaired) electrons. The molecule has 31 heavy (non-hydrogen) atoms. The third-order valence-corrected chi connectivity index (χ3v) is 5.35. The van der Waals surface area contributed by atoms with Crippen LogP contribution in [0.5, 0.6) is 0 Å². The minimum absolute atomic E-state index is 0.0777. The van der Waals surface area contributed by atoms with E-state index >= 15 is 0 Å². The fourth-order valence-electron chi connectivity index (χ4n) is 3.69. The van der Waals surface area contributed by atoms with Crippen molar-refractivity contribution in [2.75, 3.05) is 19.7 Å². The first-order valence-corrected chi connectivity index (χ1v) is 9.91. The summed E-state index contributed by atoms with van der Waals surface area (Å²) in [4.78, 5) is 58.7. The van der Waals surface area contributed by atoms with Crippen molar-refractivity contribution in [3.8, 4) is 0 Å². The Labute approximate surface area is 179 Å². The Morgan fingerprint density at radius 1 is 0.742 bits per heavy atom. The van der Waals surface area contributed by atoms with E-state index in [1.54, 1.807) is 62.4 Å². The van der Waals surface area contributed by atoms with Gasteiger partial charge < -0.3 is 0 Å². The van der Waals surface area contributed by atoms with Crippen molar-refractivity contribution in [1.82, 2.24) is 15.3 Å². The highest BCUT2D eigenvalue weighted by atomic mass is 16.6. The molecule has 8 nitrogen and oxygen atoms in total. The number of carbonyl (C=O) groups excluding carboxylic acids is 4. The second kappa shape index (κ2) is 8.16. The van der Waals surface area contributed by atoms with Gasteiger partial charge in [0.1, 0.15) is 0 Å². The third kappa shape index (κ3) is 3.51. The molecule has 0 aliphatic carbocycles. The van der Waals surface area contributed by atoms with Gasteiger partial charge in [0.15, 0.2) is 0 Å². The lowest BCUT2D eigenvalue weighted by molar-refractivity contribution is 0.0627. The summed E-state index contributed by atoms with van der Waals surface area (Å²) in [5.74, 6) is -1.65. The van der Waals surface area contributed by atoms with E-state index in [9.17, 15) is 19.2 Å². The Hall–Kier alpha value is -3.78. The molecule has 2 heterocycles. The molecule has 0 aromatic heterocycles. The van der Waals surface area contributed by atoms with Gasteiger partial charge in [-0.15, -0.1) is 0 Å². The lowest BCUT2D eigenvalue weighted by atomic mass is 10.1. The van der Waals surface area contributed by atoms with Crippen LogP contribution in [0, 0.1) is 0 Å². The van der Waals surface area contributed by atoms with Crippen molar-refractivity contribution in [3.05, 3.63) is 82.1 Å². The van der Waals surface area contributed by atoms with Gasteiger partial charge in [0.05, 0.1) is 42.0 Å². The first kappa shape index (κ1) is 20.5. The molecule has 2 aliphatic rings. The Morgan fingerprint density at radius 2 is 1.10 bits per heavy atom. The van der Waals surface area contributed by atoms with Crippen LogP contribution in [-0.4, -0.2) is 53.1 Å². The zero-order chi connectivity index (χ0) is 22.1. The molecule has 0 unspecified atom stereocenters. The van der Waals surface area contributed by atoms with Crippen LogP contribution in [0.1, 0.15) is 55.3 Å². The first-order chi connectivity index (χ1) is 14.9. The molecular weight excluding hydrogens is 398 g/mol. The Morgan fingerprint density at radius 3 is 1.42 bits per heavy atom. The summed E-state index contributed by atoms with van der Waals surface area (Å²) in [7, 11) is 0. The van der Waals surface area contributed by atoms with E-state index in [1.165, 1.54) is 0 Å². The number of imide groups is 2. The summed E-state index contributed by atoms with van der Waals surface area (Å²) in [5.41, 5.74) is 5.14. The molecule has 2 aromatic carbocycles. The van der Waals surface area contributed by atoms with Crippen molar-refractivity contribution in [3.63, 3.8) is 0 Å². The SMILES string of the molecule is CCONC(C)=C(CN1C(=O)c2ccccc2C1=O)CN1C(=O)c2ccccc2C1=O.